The summed E-state index contributed by atoms with van der Waals surface area (Å²) in [6, 6.07) is 6.09. The van der Waals surface area contributed by atoms with E-state index >= 15 is 0 Å². The molecule has 1 atom stereocenters. The molecule has 0 aliphatic heterocycles. The second-order valence-electron chi connectivity index (χ2n) is 4.56. The maximum Gasteiger partial charge on any atom is 0.183 e. The van der Waals surface area contributed by atoms with Gasteiger partial charge in [-0.3, -0.25) is 0 Å². The summed E-state index contributed by atoms with van der Waals surface area (Å²) < 4.78 is 10.7. The van der Waals surface area contributed by atoms with E-state index in [1.165, 1.54) is 4.88 Å². The van der Waals surface area contributed by atoms with Gasteiger partial charge in [0.2, 0.25) is 0 Å². The van der Waals surface area contributed by atoms with Crippen LogP contribution in [0.4, 0.5) is 5.13 Å². The smallest absolute Gasteiger partial charge is 0.183 e. The number of anilines is 1. The molecule has 1 aromatic heterocycles. The number of aromatic nitrogens is 1. The number of rotatable bonds is 6. The quantitative estimate of drug-likeness (QED) is 0.858. The Balaban J connectivity index is 2.52. The van der Waals surface area contributed by atoms with Crippen molar-refractivity contribution in [3.05, 3.63) is 23.1 Å². The Hall–Kier alpha value is -1.79. The summed E-state index contributed by atoms with van der Waals surface area (Å²) in [5, 5.41) is 7.28. The molecule has 0 saturated heterocycles. The average Bonchev–Trinajstić information content (AvgIpc) is 2.97. The Labute approximate surface area is 129 Å². The van der Waals surface area contributed by atoms with Crippen LogP contribution in [0.3, 0.4) is 0 Å². The van der Waals surface area contributed by atoms with Gasteiger partial charge in [-0.2, -0.15) is 0 Å². The first-order valence-electron chi connectivity index (χ1n) is 6.72. The van der Waals surface area contributed by atoms with Crippen molar-refractivity contribution in [1.29, 1.82) is 0 Å². The van der Waals surface area contributed by atoms with Crippen molar-refractivity contribution in [2.45, 2.75) is 13.0 Å². The van der Waals surface area contributed by atoms with Gasteiger partial charge in [-0.1, -0.05) is 11.3 Å². The molecule has 0 aliphatic carbocycles. The highest BCUT2D eigenvalue weighted by Gasteiger charge is 2.18. The van der Waals surface area contributed by atoms with E-state index in [2.05, 4.69) is 22.5 Å². The van der Waals surface area contributed by atoms with Crippen LogP contribution < -0.4 is 20.1 Å². The number of benzene rings is 1. The summed E-state index contributed by atoms with van der Waals surface area (Å²) in [4.78, 5) is 5.86. The zero-order chi connectivity index (χ0) is 15.4. The highest BCUT2D eigenvalue weighted by Crippen LogP contribution is 2.38. The van der Waals surface area contributed by atoms with Crippen LogP contribution in [0.2, 0.25) is 0 Å². The number of hydrogen-bond acceptors (Lipinski definition) is 6. The summed E-state index contributed by atoms with van der Waals surface area (Å²) in [7, 11) is 7.10. The molecule has 21 heavy (non-hydrogen) atoms. The Morgan fingerprint density at radius 3 is 2.43 bits per heavy atom. The van der Waals surface area contributed by atoms with Crippen molar-refractivity contribution >= 4 is 16.5 Å². The predicted octanol–water partition coefficient (Wildman–Crippen LogP) is 3.15. The van der Waals surface area contributed by atoms with Crippen LogP contribution in [0.15, 0.2) is 18.2 Å². The number of nitrogens with one attached hydrogen (secondary N) is 2. The first kappa shape index (κ1) is 15.6. The Bertz CT molecular complexity index is 613. The molecule has 5 nitrogen and oxygen atoms in total. The molecular weight excluding hydrogens is 286 g/mol. The van der Waals surface area contributed by atoms with E-state index in [-0.39, 0.29) is 6.04 Å². The van der Waals surface area contributed by atoms with Gasteiger partial charge in [-0.15, -0.1) is 0 Å². The van der Waals surface area contributed by atoms with Crippen molar-refractivity contribution in [2.24, 2.45) is 0 Å². The van der Waals surface area contributed by atoms with Crippen molar-refractivity contribution in [3.63, 3.8) is 0 Å². The Kier molecular flexibility index (Phi) is 5.03. The van der Waals surface area contributed by atoms with Crippen LogP contribution in [-0.2, 0) is 0 Å². The van der Waals surface area contributed by atoms with E-state index in [4.69, 9.17) is 9.47 Å². The number of ether oxygens (including phenoxy) is 2. The topological polar surface area (TPSA) is 55.4 Å². The van der Waals surface area contributed by atoms with Crippen LogP contribution >= 0.6 is 11.3 Å². The van der Waals surface area contributed by atoms with Gasteiger partial charge in [0, 0.05) is 18.7 Å². The van der Waals surface area contributed by atoms with E-state index in [1.807, 2.05) is 32.3 Å². The summed E-state index contributed by atoms with van der Waals surface area (Å²) in [6.07, 6.45) is 0. The fraction of sp³-hybridized carbons (Fsp3) is 0.400. The zero-order valence-electron chi connectivity index (χ0n) is 13.0. The van der Waals surface area contributed by atoms with E-state index in [1.54, 1.807) is 25.6 Å². The molecule has 0 fully saturated rings. The zero-order valence-corrected chi connectivity index (χ0v) is 13.8. The fourth-order valence-corrected chi connectivity index (χ4v) is 3.06. The number of thiazole rings is 1. The van der Waals surface area contributed by atoms with E-state index < -0.39 is 0 Å². The van der Waals surface area contributed by atoms with Crippen molar-refractivity contribution in [3.8, 4) is 22.8 Å². The fourth-order valence-electron chi connectivity index (χ4n) is 2.05. The molecule has 2 N–H and O–H groups in total. The van der Waals surface area contributed by atoms with Crippen molar-refractivity contribution in [2.75, 3.05) is 33.6 Å². The van der Waals surface area contributed by atoms with Crippen LogP contribution in [0.25, 0.3) is 11.3 Å². The van der Waals surface area contributed by atoms with E-state index in [9.17, 15) is 0 Å². The standard InChI is InChI=1S/C15H21N3O2S/c1-9(16-2)14-13(18-15(17-3)21-14)10-6-7-11(19-4)12(8-10)20-5/h6-9,16H,1-5H3,(H,17,18). The van der Waals surface area contributed by atoms with Gasteiger partial charge < -0.3 is 20.1 Å². The molecule has 0 radical (unpaired) electrons. The lowest BCUT2D eigenvalue weighted by atomic mass is 10.1. The summed E-state index contributed by atoms with van der Waals surface area (Å²) >= 11 is 1.65. The Morgan fingerprint density at radius 2 is 1.86 bits per heavy atom. The minimum Gasteiger partial charge on any atom is -0.493 e. The van der Waals surface area contributed by atoms with Gasteiger partial charge in [0.1, 0.15) is 0 Å². The summed E-state index contributed by atoms with van der Waals surface area (Å²) in [5.41, 5.74) is 1.98. The lowest BCUT2D eigenvalue weighted by Gasteiger charge is -2.12. The van der Waals surface area contributed by atoms with Crippen LogP contribution in [0.1, 0.15) is 17.8 Å². The molecule has 0 aliphatic rings. The molecule has 114 valence electrons. The lowest BCUT2D eigenvalue weighted by Crippen LogP contribution is -2.11. The largest absolute Gasteiger partial charge is 0.493 e. The van der Waals surface area contributed by atoms with Crippen molar-refractivity contribution in [1.82, 2.24) is 10.3 Å². The molecule has 1 unspecified atom stereocenters. The monoisotopic (exact) mass is 307 g/mol. The second-order valence-corrected chi connectivity index (χ2v) is 5.59. The Morgan fingerprint density at radius 1 is 1.14 bits per heavy atom. The second kappa shape index (κ2) is 6.78. The minimum atomic E-state index is 0.229. The maximum atomic E-state index is 5.38. The maximum absolute atomic E-state index is 5.38. The molecule has 0 spiro atoms. The molecule has 1 heterocycles. The van der Waals surface area contributed by atoms with Gasteiger partial charge in [-0.25, -0.2) is 4.98 Å². The molecule has 1 aromatic carbocycles. The van der Waals surface area contributed by atoms with Gasteiger partial charge in [-0.05, 0) is 32.2 Å². The number of nitrogens with zero attached hydrogens (tertiary/aromatic N) is 1. The van der Waals surface area contributed by atoms with Gasteiger partial charge >= 0.3 is 0 Å². The minimum absolute atomic E-state index is 0.229. The summed E-state index contributed by atoms with van der Waals surface area (Å²) in [6.45, 7) is 2.12. The summed E-state index contributed by atoms with van der Waals surface area (Å²) in [5.74, 6) is 1.42. The molecule has 0 bridgehead atoms. The number of hydrogen-bond donors (Lipinski definition) is 2. The average molecular weight is 307 g/mol. The highest BCUT2D eigenvalue weighted by molar-refractivity contribution is 7.16. The molecule has 0 saturated carbocycles. The van der Waals surface area contributed by atoms with E-state index in [0.29, 0.717) is 11.5 Å². The van der Waals surface area contributed by atoms with Gasteiger partial charge in [0.25, 0.3) is 0 Å². The molecule has 2 aromatic rings. The first-order valence-corrected chi connectivity index (χ1v) is 7.54. The molecule has 6 heteroatoms. The SMILES string of the molecule is CNc1nc(-c2ccc(OC)c(OC)c2)c(C(C)NC)s1. The van der Waals surface area contributed by atoms with Crippen molar-refractivity contribution < 1.29 is 9.47 Å². The third-order valence-electron chi connectivity index (χ3n) is 3.35. The normalized spacial score (nSPS) is 12.0. The third-order valence-corrected chi connectivity index (χ3v) is 4.61. The third kappa shape index (κ3) is 3.11. The predicted molar refractivity (Wildman–Crippen MR) is 87.7 cm³/mol. The van der Waals surface area contributed by atoms with Crippen LogP contribution in [0, 0.1) is 0 Å². The van der Waals surface area contributed by atoms with Gasteiger partial charge in [0.05, 0.1) is 24.8 Å². The molecule has 0 amide bonds. The first-order chi connectivity index (χ1) is 10.1. The highest BCUT2D eigenvalue weighted by atomic mass is 32.1. The van der Waals surface area contributed by atoms with Crippen LogP contribution in [-0.4, -0.2) is 33.3 Å². The molecular formula is C15H21N3O2S. The van der Waals surface area contributed by atoms with E-state index in [0.717, 1.165) is 16.4 Å². The lowest BCUT2D eigenvalue weighted by molar-refractivity contribution is 0.355. The van der Waals surface area contributed by atoms with Gasteiger partial charge in [0.15, 0.2) is 16.6 Å². The molecule has 2 rings (SSSR count). The van der Waals surface area contributed by atoms with Crippen LogP contribution in [0.5, 0.6) is 11.5 Å². The number of methoxy groups -OCH3 is 2.